The molecule has 4 rings (SSSR count). The summed E-state index contributed by atoms with van der Waals surface area (Å²) < 4.78 is 0. The first kappa shape index (κ1) is 15.0. The van der Waals surface area contributed by atoms with Gasteiger partial charge in [0.25, 0.3) is 0 Å². The molecule has 24 heavy (non-hydrogen) atoms. The van der Waals surface area contributed by atoms with Crippen LogP contribution >= 0.6 is 0 Å². The minimum atomic E-state index is 0.728. The maximum atomic E-state index is 4.26. The fourth-order valence-corrected chi connectivity index (χ4v) is 3.43. The fourth-order valence-electron chi connectivity index (χ4n) is 3.43. The van der Waals surface area contributed by atoms with E-state index < -0.39 is 0 Å². The number of aromatic nitrogens is 2. The lowest BCUT2D eigenvalue weighted by Gasteiger charge is -2.36. The minimum Gasteiger partial charge on any atom is -0.372 e. The molecule has 1 saturated carbocycles. The van der Waals surface area contributed by atoms with Gasteiger partial charge in [-0.25, -0.2) is 0 Å². The van der Waals surface area contributed by atoms with E-state index in [1.807, 2.05) is 12.3 Å². The molecule has 1 heterocycles. The Morgan fingerprint density at radius 1 is 1.00 bits per heavy atom. The Morgan fingerprint density at radius 3 is 2.33 bits per heavy atom. The molecule has 2 aromatic carbocycles. The molecule has 0 atom stereocenters. The minimum absolute atomic E-state index is 0.728. The second kappa shape index (κ2) is 6.16. The monoisotopic (exact) mass is 317 g/mol. The molecule has 0 saturated heterocycles. The molecule has 1 N–H and O–H groups in total. The van der Waals surface area contributed by atoms with Crippen LogP contribution in [0.15, 0.2) is 54.7 Å². The van der Waals surface area contributed by atoms with Crippen molar-refractivity contribution in [2.75, 3.05) is 11.9 Å². The molecule has 122 valence electrons. The molecule has 0 spiro atoms. The molecule has 3 heteroatoms. The van der Waals surface area contributed by atoms with E-state index in [9.17, 15) is 0 Å². The zero-order chi connectivity index (χ0) is 16.5. The maximum absolute atomic E-state index is 4.26. The molecule has 0 amide bonds. The van der Waals surface area contributed by atoms with E-state index in [1.165, 1.54) is 41.6 Å². The Labute approximate surface area is 143 Å². The summed E-state index contributed by atoms with van der Waals surface area (Å²) in [5, 5.41) is 7.14. The Hall–Kier alpha value is -2.55. The van der Waals surface area contributed by atoms with Gasteiger partial charge in [0.05, 0.1) is 5.69 Å². The summed E-state index contributed by atoms with van der Waals surface area (Å²) in [4.78, 5) is 2.42. The van der Waals surface area contributed by atoms with Gasteiger partial charge in [-0.15, -0.1) is 0 Å². The van der Waals surface area contributed by atoms with Gasteiger partial charge in [-0.2, -0.15) is 5.10 Å². The van der Waals surface area contributed by atoms with Crippen molar-refractivity contribution in [3.63, 3.8) is 0 Å². The van der Waals surface area contributed by atoms with E-state index >= 15 is 0 Å². The van der Waals surface area contributed by atoms with Crippen LogP contribution in [0.2, 0.25) is 0 Å². The van der Waals surface area contributed by atoms with Gasteiger partial charge in [0.15, 0.2) is 0 Å². The molecule has 0 radical (unpaired) electrons. The molecule has 3 nitrogen and oxygen atoms in total. The lowest BCUT2D eigenvalue weighted by Crippen LogP contribution is -2.36. The Balaban J connectivity index is 1.59. The second-order valence-electron chi connectivity index (χ2n) is 6.73. The molecule has 1 aromatic heterocycles. The van der Waals surface area contributed by atoms with Crippen molar-refractivity contribution in [2.24, 2.45) is 0 Å². The third-order valence-electron chi connectivity index (χ3n) is 5.23. The summed E-state index contributed by atoms with van der Waals surface area (Å²) in [6.07, 6.45) is 5.88. The van der Waals surface area contributed by atoms with E-state index in [1.54, 1.807) is 0 Å². The van der Waals surface area contributed by atoms with Gasteiger partial charge in [-0.1, -0.05) is 24.3 Å². The van der Waals surface area contributed by atoms with Crippen LogP contribution in [-0.2, 0) is 0 Å². The molecule has 1 aliphatic carbocycles. The first-order chi connectivity index (χ1) is 11.7. The highest BCUT2D eigenvalue weighted by Gasteiger charge is 2.22. The molecule has 3 aromatic rings. The summed E-state index contributed by atoms with van der Waals surface area (Å²) in [6.45, 7) is 2.17. The summed E-state index contributed by atoms with van der Waals surface area (Å²) in [5.74, 6) is 0. The number of nitrogens with zero attached hydrogens (tertiary/aromatic N) is 2. The van der Waals surface area contributed by atoms with Crippen molar-refractivity contribution in [3.05, 3.63) is 60.3 Å². The van der Waals surface area contributed by atoms with Crippen LogP contribution in [0.1, 0.15) is 24.8 Å². The van der Waals surface area contributed by atoms with Gasteiger partial charge >= 0.3 is 0 Å². The summed E-state index contributed by atoms with van der Waals surface area (Å²) in [5.41, 5.74) is 7.28. The lowest BCUT2D eigenvalue weighted by atomic mass is 9.91. The highest BCUT2D eigenvalue weighted by atomic mass is 15.1. The fraction of sp³-hybridized carbons (Fsp3) is 0.286. The van der Waals surface area contributed by atoms with Crippen molar-refractivity contribution in [1.29, 1.82) is 0 Å². The van der Waals surface area contributed by atoms with Crippen LogP contribution in [0, 0.1) is 6.92 Å². The highest BCUT2D eigenvalue weighted by Crippen LogP contribution is 2.31. The van der Waals surface area contributed by atoms with E-state index in [4.69, 9.17) is 0 Å². The number of hydrogen-bond acceptors (Lipinski definition) is 2. The number of hydrogen-bond donors (Lipinski definition) is 1. The topological polar surface area (TPSA) is 31.9 Å². The normalized spacial score (nSPS) is 14.4. The molecule has 0 unspecified atom stereocenters. The van der Waals surface area contributed by atoms with Crippen LogP contribution in [0.3, 0.4) is 0 Å². The van der Waals surface area contributed by atoms with Crippen molar-refractivity contribution < 1.29 is 0 Å². The number of aromatic amines is 1. The summed E-state index contributed by atoms with van der Waals surface area (Å²) >= 11 is 0. The average molecular weight is 317 g/mol. The molecule has 1 fully saturated rings. The average Bonchev–Trinajstić information content (AvgIpc) is 3.08. The Bertz CT molecular complexity index is 815. The first-order valence-corrected chi connectivity index (χ1v) is 8.66. The van der Waals surface area contributed by atoms with E-state index in [2.05, 4.69) is 71.5 Å². The molecular formula is C21H23N3. The van der Waals surface area contributed by atoms with Crippen molar-refractivity contribution >= 4 is 5.69 Å². The number of anilines is 1. The number of benzene rings is 2. The van der Waals surface area contributed by atoms with Crippen LogP contribution in [0.4, 0.5) is 5.69 Å². The summed E-state index contributed by atoms with van der Waals surface area (Å²) in [7, 11) is 2.21. The van der Waals surface area contributed by atoms with Crippen molar-refractivity contribution in [2.45, 2.75) is 32.2 Å². The van der Waals surface area contributed by atoms with Gasteiger partial charge in [-0.3, -0.25) is 5.10 Å². The lowest BCUT2D eigenvalue weighted by molar-refractivity contribution is 0.401. The zero-order valence-electron chi connectivity index (χ0n) is 14.3. The largest absolute Gasteiger partial charge is 0.372 e. The second-order valence-corrected chi connectivity index (χ2v) is 6.73. The molecule has 0 aliphatic heterocycles. The molecular weight excluding hydrogens is 294 g/mol. The van der Waals surface area contributed by atoms with E-state index in [0.717, 1.165) is 17.3 Å². The van der Waals surface area contributed by atoms with Crippen LogP contribution < -0.4 is 4.90 Å². The smallest absolute Gasteiger partial charge is 0.0920 e. The van der Waals surface area contributed by atoms with Gasteiger partial charge in [0.1, 0.15) is 0 Å². The first-order valence-electron chi connectivity index (χ1n) is 8.66. The standard InChI is InChI=1S/C21H23N3/c1-15-14-17(21-12-13-22-23-21)8-11-20(15)16-6-9-19(10-7-16)24(2)18-4-3-5-18/h6-14,18H,3-5H2,1-2H3,(H,22,23). The van der Waals surface area contributed by atoms with Gasteiger partial charge in [0, 0.05) is 30.5 Å². The predicted molar refractivity (Wildman–Crippen MR) is 100 cm³/mol. The molecule has 1 aliphatic rings. The summed E-state index contributed by atoms with van der Waals surface area (Å²) in [6, 6.07) is 18.2. The third-order valence-corrected chi connectivity index (χ3v) is 5.23. The quantitative estimate of drug-likeness (QED) is 0.731. The highest BCUT2D eigenvalue weighted by molar-refractivity contribution is 5.73. The van der Waals surface area contributed by atoms with E-state index in [0.29, 0.717) is 0 Å². The third kappa shape index (κ3) is 2.71. The Morgan fingerprint density at radius 2 is 1.75 bits per heavy atom. The van der Waals surface area contributed by atoms with Crippen molar-refractivity contribution in [1.82, 2.24) is 10.2 Å². The van der Waals surface area contributed by atoms with Crippen LogP contribution in [0.5, 0.6) is 0 Å². The maximum Gasteiger partial charge on any atom is 0.0920 e. The van der Waals surface area contributed by atoms with E-state index in [-0.39, 0.29) is 0 Å². The van der Waals surface area contributed by atoms with Crippen LogP contribution in [0.25, 0.3) is 22.4 Å². The number of rotatable bonds is 4. The number of aryl methyl sites for hydroxylation is 1. The number of nitrogens with one attached hydrogen (secondary N) is 1. The predicted octanol–water partition coefficient (Wildman–Crippen LogP) is 5.04. The zero-order valence-corrected chi connectivity index (χ0v) is 14.3. The van der Waals surface area contributed by atoms with Gasteiger partial charge < -0.3 is 4.90 Å². The number of H-pyrrole nitrogens is 1. The molecule has 0 bridgehead atoms. The van der Waals surface area contributed by atoms with Crippen molar-refractivity contribution in [3.8, 4) is 22.4 Å². The van der Waals surface area contributed by atoms with Crippen LogP contribution in [-0.4, -0.2) is 23.3 Å². The Kier molecular flexibility index (Phi) is 3.85. The SMILES string of the molecule is Cc1cc(-c2cc[nH]n2)ccc1-c1ccc(N(C)C2CCC2)cc1. The van der Waals surface area contributed by atoms with Gasteiger partial charge in [-0.05, 0) is 67.1 Å². The van der Waals surface area contributed by atoms with Gasteiger partial charge in [0.2, 0.25) is 0 Å².